The largest absolute Gasteiger partial charge is 0.491 e. The third-order valence-electron chi connectivity index (χ3n) is 3.47. The number of benzene rings is 1. The van der Waals surface area contributed by atoms with Gasteiger partial charge in [-0.05, 0) is 34.1 Å². The van der Waals surface area contributed by atoms with Gasteiger partial charge >= 0.3 is 0 Å². The topological polar surface area (TPSA) is 18.5 Å². The van der Waals surface area contributed by atoms with E-state index in [-0.39, 0.29) is 18.6 Å². The maximum atomic E-state index is 11.5. The molecule has 0 N–H and O–H groups in total. The van der Waals surface area contributed by atoms with Gasteiger partial charge in [0.2, 0.25) is 0 Å². The van der Waals surface area contributed by atoms with Crippen LogP contribution in [0.4, 0.5) is 4.53 Å². The summed E-state index contributed by atoms with van der Waals surface area (Å²) in [5, 5.41) is 0. The van der Waals surface area contributed by atoms with Gasteiger partial charge in [0.25, 0.3) is 0 Å². The van der Waals surface area contributed by atoms with Crippen molar-refractivity contribution in [3.05, 3.63) is 29.8 Å². The highest BCUT2D eigenvalue weighted by molar-refractivity contribution is 5.31. The molecule has 108 valence electrons. The predicted molar refractivity (Wildman–Crippen MR) is 76.2 cm³/mol. The van der Waals surface area contributed by atoms with Gasteiger partial charge in [0.15, 0.2) is 0 Å². The van der Waals surface area contributed by atoms with Crippen molar-refractivity contribution in [1.82, 2.24) is 0 Å². The summed E-state index contributed by atoms with van der Waals surface area (Å²) in [4.78, 5) is 3.47. The predicted octanol–water partition coefficient (Wildman–Crippen LogP) is 4.82. The van der Waals surface area contributed by atoms with Gasteiger partial charge in [-0.2, -0.15) is 4.94 Å². The lowest BCUT2D eigenvalue weighted by molar-refractivity contribution is -0.138. The highest BCUT2D eigenvalue weighted by Gasteiger charge is 2.19. The Balaban J connectivity index is 2.53. The van der Waals surface area contributed by atoms with Crippen LogP contribution < -0.4 is 4.74 Å². The molecule has 19 heavy (non-hydrogen) atoms. The molecule has 0 saturated carbocycles. The molecule has 0 aliphatic rings. The first-order valence-electron chi connectivity index (χ1n) is 7.07. The van der Waals surface area contributed by atoms with E-state index in [0.29, 0.717) is 0 Å². The second-order valence-electron chi connectivity index (χ2n) is 5.53. The molecule has 0 heterocycles. The third kappa shape index (κ3) is 5.60. The Bertz CT molecular complexity index is 346. The number of ether oxygens (including phenoxy) is 1. The van der Waals surface area contributed by atoms with Gasteiger partial charge in [0.1, 0.15) is 19.0 Å². The molecular weight excluding hydrogens is 243 g/mol. The number of halogens is 1. The van der Waals surface area contributed by atoms with Gasteiger partial charge < -0.3 is 4.74 Å². The van der Waals surface area contributed by atoms with Crippen LogP contribution in [-0.2, 0) is 10.4 Å². The number of unbranched alkanes of at least 4 members (excludes halogenated alkanes) is 2. The van der Waals surface area contributed by atoms with Gasteiger partial charge in [-0.15, -0.1) is 0 Å². The molecule has 0 atom stereocenters. The Morgan fingerprint density at radius 1 is 1.05 bits per heavy atom. The van der Waals surface area contributed by atoms with Crippen LogP contribution in [0.3, 0.4) is 0 Å². The minimum Gasteiger partial charge on any atom is -0.491 e. The van der Waals surface area contributed by atoms with Crippen LogP contribution in [0.25, 0.3) is 0 Å². The normalized spacial score (nSPS) is 11.6. The van der Waals surface area contributed by atoms with Crippen molar-refractivity contribution in [2.45, 2.75) is 51.9 Å². The summed E-state index contributed by atoms with van der Waals surface area (Å²) in [5.74, 6) is 0.755. The highest BCUT2D eigenvalue weighted by Crippen LogP contribution is 2.30. The van der Waals surface area contributed by atoms with Gasteiger partial charge in [0.05, 0.1) is 0 Å². The molecule has 0 aliphatic heterocycles. The van der Waals surface area contributed by atoms with E-state index in [1.807, 2.05) is 12.1 Å². The molecule has 0 saturated heterocycles. The van der Waals surface area contributed by atoms with E-state index >= 15 is 0 Å². The van der Waals surface area contributed by atoms with E-state index in [9.17, 15) is 4.53 Å². The Morgan fingerprint density at radius 2 is 1.74 bits per heavy atom. The van der Waals surface area contributed by atoms with Gasteiger partial charge in [-0.25, -0.2) is 0 Å². The van der Waals surface area contributed by atoms with Crippen molar-refractivity contribution >= 4 is 0 Å². The minimum atomic E-state index is -0.0374. The van der Waals surface area contributed by atoms with Crippen molar-refractivity contribution in [2.24, 2.45) is 0 Å². The zero-order valence-corrected chi connectivity index (χ0v) is 12.2. The van der Waals surface area contributed by atoms with E-state index in [2.05, 4.69) is 37.8 Å². The SMILES string of the molecule is CCCCCC(C)(C)c1ccc(OCCOF)cc1. The Kier molecular flexibility index (Phi) is 6.85. The molecule has 1 aromatic rings. The van der Waals surface area contributed by atoms with Crippen LogP contribution in [0.2, 0.25) is 0 Å². The summed E-state index contributed by atoms with van der Waals surface area (Å²) >= 11 is 0. The fraction of sp³-hybridized carbons (Fsp3) is 0.625. The Labute approximate surface area is 115 Å². The van der Waals surface area contributed by atoms with Crippen molar-refractivity contribution in [3.8, 4) is 5.75 Å². The molecule has 3 heteroatoms. The molecule has 0 spiro atoms. The summed E-state index contributed by atoms with van der Waals surface area (Å²) < 4.78 is 16.8. The second kappa shape index (κ2) is 8.16. The van der Waals surface area contributed by atoms with Gasteiger partial charge in [-0.3, -0.25) is 0 Å². The summed E-state index contributed by atoms with van der Waals surface area (Å²) in [6.45, 7) is 6.96. The smallest absolute Gasteiger partial charge is 0.122 e. The lowest BCUT2D eigenvalue weighted by Crippen LogP contribution is -2.16. The van der Waals surface area contributed by atoms with E-state index < -0.39 is 0 Å². The molecule has 1 aromatic carbocycles. The molecular formula is C16H25FO2. The van der Waals surface area contributed by atoms with Crippen molar-refractivity contribution in [3.63, 3.8) is 0 Å². The average Bonchev–Trinajstić information content (AvgIpc) is 2.40. The molecule has 2 nitrogen and oxygen atoms in total. The van der Waals surface area contributed by atoms with Crippen molar-refractivity contribution in [1.29, 1.82) is 0 Å². The van der Waals surface area contributed by atoms with Crippen molar-refractivity contribution < 1.29 is 14.2 Å². The van der Waals surface area contributed by atoms with E-state index in [4.69, 9.17) is 4.74 Å². The van der Waals surface area contributed by atoms with Gasteiger partial charge in [-0.1, -0.05) is 52.2 Å². The molecule has 0 unspecified atom stereocenters. The first-order chi connectivity index (χ1) is 9.10. The third-order valence-corrected chi connectivity index (χ3v) is 3.47. The van der Waals surface area contributed by atoms with E-state index in [0.717, 1.165) is 5.75 Å². The molecule has 0 radical (unpaired) electrons. The molecule has 0 aliphatic carbocycles. The van der Waals surface area contributed by atoms with E-state index in [1.54, 1.807) is 0 Å². The van der Waals surface area contributed by atoms with E-state index in [1.165, 1.54) is 31.2 Å². The first kappa shape index (κ1) is 16.0. The lowest BCUT2D eigenvalue weighted by atomic mass is 9.80. The molecule has 0 amide bonds. The zero-order valence-electron chi connectivity index (χ0n) is 12.2. The second-order valence-corrected chi connectivity index (χ2v) is 5.53. The fourth-order valence-electron chi connectivity index (χ4n) is 2.15. The number of rotatable bonds is 9. The zero-order chi connectivity index (χ0) is 14.1. The van der Waals surface area contributed by atoms with Crippen LogP contribution in [0.5, 0.6) is 5.75 Å². The molecule has 0 fully saturated rings. The fourth-order valence-corrected chi connectivity index (χ4v) is 2.15. The monoisotopic (exact) mass is 268 g/mol. The minimum absolute atomic E-state index is 0.0374. The summed E-state index contributed by atoms with van der Waals surface area (Å²) in [7, 11) is 0. The Morgan fingerprint density at radius 3 is 2.32 bits per heavy atom. The maximum absolute atomic E-state index is 11.5. The summed E-state index contributed by atoms with van der Waals surface area (Å²) in [6.07, 6.45) is 4.99. The highest BCUT2D eigenvalue weighted by atomic mass is 19.3. The average molecular weight is 268 g/mol. The molecule has 0 aromatic heterocycles. The molecule has 1 rings (SSSR count). The lowest BCUT2D eigenvalue weighted by Gasteiger charge is -2.25. The number of hydrogen-bond acceptors (Lipinski definition) is 2. The summed E-state index contributed by atoms with van der Waals surface area (Å²) in [5.41, 5.74) is 1.51. The standard InChI is InChI=1S/C16H25FO2/c1-4-5-6-11-16(2,3)14-7-9-15(10-8-14)18-12-13-19-17/h7-10H,4-6,11-13H2,1-3H3. The number of hydrogen-bond donors (Lipinski definition) is 0. The molecule has 0 bridgehead atoms. The van der Waals surface area contributed by atoms with Crippen LogP contribution in [0.1, 0.15) is 52.0 Å². The van der Waals surface area contributed by atoms with Crippen molar-refractivity contribution in [2.75, 3.05) is 13.2 Å². The summed E-state index contributed by atoms with van der Waals surface area (Å²) in [6, 6.07) is 8.07. The van der Waals surface area contributed by atoms with Crippen LogP contribution in [-0.4, -0.2) is 13.2 Å². The quantitative estimate of drug-likeness (QED) is 0.597. The van der Waals surface area contributed by atoms with Crippen LogP contribution in [0, 0.1) is 0 Å². The Hall–Kier alpha value is -1.09. The maximum Gasteiger partial charge on any atom is 0.122 e. The van der Waals surface area contributed by atoms with Crippen LogP contribution >= 0.6 is 0 Å². The van der Waals surface area contributed by atoms with Gasteiger partial charge in [0, 0.05) is 0 Å². The first-order valence-corrected chi connectivity index (χ1v) is 7.07. The van der Waals surface area contributed by atoms with Crippen LogP contribution in [0.15, 0.2) is 24.3 Å².